The van der Waals surface area contributed by atoms with Crippen molar-refractivity contribution < 1.29 is 18.3 Å². The molecule has 0 unspecified atom stereocenters. The molecule has 158 valence electrons. The highest BCUT2D eigenvalue weighted by atomic mass is 35.5. The van der Waals surface area contributed by atoms with Gasteiger partial charge in [0.15, 0.2) is 0 Å². The Kier molecular flexibility index (Phi) is 6.29. The van der Waals surface area contributed by atoms with Crippen LogP contribution in [-0.2, 0) is 10.0 Å². The predicted molar refractivity (Wildman–Crippen MR) is 120 cm³/mol. The number of sulfonamides is 1. The topological polar surface area (TPSA) is 75.6 Å². The highest BCUT2D eigenvalue weighted by Crippen LogP contribution is 2.35. The molecule has 0 saturated carbocycles. The van der Waals surface area contributed by atoms with Crippen LogP contribution in [0, 0.1) is 13.8 Å². The average molecular weight is 446 g/mol. The number of aryl methyl sites for hydroxylation is 2. The number of phenols is 1. The molecule has 0 spiro atoms. The Morgan fingerprint density at radius 1 is 0.967 bits per heavy atom. The van der Waals surface area contributed by atoms with Crippen molar-refractivity contribution in [1.29, 1.82) is 0 Å². The van der Waals surface area contributed by atoms with Crippen molar-refractivity contribution in [3.8, 4) is 17.2 Å². The second-order valence-corrected chi connectivity index (χ2v) is 9.59. The third-order valence-electron chi connectivity index (χ3n) is 4.68. The molecule has 0 aliphatic heterocycles. The summed E-state index contributed by atoms with van der Waals surface area (Å²) >= 11 is 5.84. The fourth-order valence-electron chi connectivity index (χ4n) is 3.17. The molecule has 3 aromatic rings. The third kappa shape index (κ3) is 4.89. The van der Waals surface area contributed by atoms with Gasteiger partial charge in [-0.3, -0.25) is 4.72 Å². The summed E-state index contributed by atoms with van der Waals surface area (Å²) in [4.78, 5) is 0.132. The quantitative estimate of drug-likeness (QED) is 0.461. The van der Waals surface area contributed by atoms with Crippen LogP contribution in [0.1, 0.15) is 36.5 Å². The second-order valence-electron chi connectivity index (χ2n) is 7.48. The number of anilines is 1. The van der Waals surface area contributed by atoms with Crippen molar-refractivity contribution in [3.05, 3.63) is 76.3 Å². The number of hydrogen-bond acceptors (Lipinski definition) is 4. The molecule has 3 rings (SSSR count). The van der Waals surface area contributed by atoms with Crippen LogP contribution in [0.25, 0.3) is 0 Å². The molecule has 0 amide bonds. The van der Waals surface area contributed by atoms with Crippen molar-refractivity contribution in [2.75, 3.05) is 4.72 Å². The van der Waals surface area contributed by atoms with E-state index < -0.39 is 10.0 Å². The second kappa shape index (κ2) is 8.58. The first-order valence-corrected chi connectivity index (χ1v) is 11.3. The van der Waals surface area contributed by atoms with Gasteiger partial charge in [-0.05, 0) is 85.5 Å². The zero-order chi connectivity index (χ0) is 22.1. The maximum Gasteiger partial charge on any atom is 0.261 e. The van der Waals surface area contributed by atoms with Crippen molar-refractivity contribution in [2.45, 2.75) is 38.5 Å². The lowest BCUT2D eigenvalue weighted by Crippen LogP contribution is -2.13. The number of halogens is 1. The monoisotopic (exact) mass is 445 g/mol. The maximum absolute atomic E-state index is 12.6. The van der Waals surface area contributed by atoms with Gasteiger partial charge in [0, 0.05) is 16.3 Å². The Morgan fingerprint density at radius 2 is 1.57 bits per heavy atom. The Bertz CT molecular complexity index is 1150. The fraction of sp³-hybridized carbons (Fsp3) is 0.217. The Morgan fingerprint density at radius 3 is 2.13 bits per heavy atom. The lowest BCUT2D eigenvalue weighted by molar-refractivity contribution is 0.452. The molecule has 0 aromatic heterocycles. The van der Waals surface area contributed by atoms with Gasteiger partial charge in [-0.2, -0.15) is 0 Å². The van der Waals surface area contributed by atoms with Gasteiger partial charge < -0.3 is 9.84 Å². The van der Waals surface area contributed by atoms with E-state index in [2.05, 4.69) is 4.72 Å². The molecule has 0 saturated heterocycles. The number of rotatable bonds is 6. The van der Waals surface area contributed by atoms with Crippen LogP contribution in [0.2, 0.25) is 5.02 Å². The number of aromatic hydroxyl groups is 1. The molecule has 0 fully saturated rings. The molecular weight excluding hydrogens is 422 g/mol. The highest BCUT2D eigenvalue weighted by molar-refractivity contribution is 7.92. The van der Waals surface area contributed by atoms with Crippen molar-refractivity contribution in [2.24, 2.45) is 0 Å². The van der Waals surface area contributed by atoms with E-state index in [1.165, 1.54) is 24.3 Å². The Hall–Kier alpha value is -2.70. The molecule has 30 heavy (non-hydrogen) atoms. The summed E-state index contributed by atoms with van der Waals surface area (Å²) in [6.45, 7) is 7.70. The maximum atomic E-state index is 12.6. The molecule has 0 radical (unpaired) electrons. The van der Waals surface area contributed by atoms with E-state index >= 15 is 0 Å². The largest absolute Gasteiger partial charge is 0.508 e. The third-order valence-corrected chi connectivity index (χ3v) is 6.33. The first-order chi connectivity index (χ1) is 14.1. The van der Waals surface area contributed by atoms with E-state index in [9.17, 15) is 13.5 Å². The number of benzene rings is 3. The molecule has 3 aromatic carbocycles. The van der Waals surface area contributed by atoms with Crippen molar-refractivity contribution in [1.82, 2.24) is 0 Å². The summed E-state index contributed by atoms with van der Waals surface area (Å²) in [7, 11) is -3.73. The molecule has 0 heterocycles. The fourth-order valence-corrected chi connectivity index (χ4v) is 4.34. The molecule has 0 bridgehead atoms. The smallest absolute Gasteiger partial charge is 0.261 e. The number of hydrogen-bond donors (Lipinski definition) is 2. The van der Waals surface area contributed by atoms with Gasteiger partial charge in [-0.15, -0.1) is 0 Å². The summed E-state index contributed by atoms with van der Waals surface area (Å²) in [5.74, 6) is 1.64. The number of ether oxygens (including phenoxy) is 1. The Labute approximate surface area is 182 Å². The summed E-state index contributed by atoms with van der Waals surface area (Å²) < 4.78 is 33.9. The van der Waals surface area contributed by atoms with E-state index in [0.717, 1.165) is 16.7 Å². The van der Waals surface area contributed by atoms with E-state index in [4.69, 9.17) is 16.3 Å². The van der Waals surface area contributed by atoms with Crippen molar-refractivity contribution >= 4 is 27.3 Å². The van der Waals surface area contributed by atoms with Crippen LogP contribution < -0.4 is 9.46 Å². The molecule has 7 heteroatoms. The van der Waals surface area contributed by atoms with Crippen LogP contribution in [0.4, 0.5) is 5.69 Å². The summed E-state index contributed by atoms with van der Waals surface area (Å²) in [5, 5.41) is 10.5. The molecule has 5 nitrogen and oxygen atoms in total. The summed E-state index contributed by atoms with van der Waals surface area (Å²) in [6.07, 6.45) is 0. The van der Waals surface area contributed by atoms with Gasteiger partial charge in [0.05, 0.1) is 4.90 Å². The zero-order valence-corrected chi connectivity index (χ0v) is 18.8. The molecule has 0 aliphatic rings. The zero-order valence-electron chi connectivity index (χ0n) is 17.2. The molecule has 2 N–H and O–H groups in total. The van der Waals surface area contributed by atoms with Crippen LogP contribution in [0.15, 0.2) is 59.5 Å². The minimum Gasteiger partial charge on any atom is -0.508 e. The van der Waals surface area contributed by atoms with E-state index in [1.807, 2.05) is 33.8 Å². The number of phenolic OH excluding ortho intramolecular Hbond substituents is 1. The van der Waals surface area contributed by atoms with Gasteiger partial charge in [-0.1, -0.05) is 25.4 Å². The lowest BCUT2D eigenvalue weighted by Gasteiger charge is -2.16. The van der Waals surface area contributed by atoms with Gasteiger partial charge >= 0.3 is 0 Å². The molecule has 0 aliphatic carbocycles. The lowest BCUT2D eigenvalue weighted by atomic mass is 10.0. The first kappa shape index (κ1) is 22.0. The van der Waals surface area contributed by atoms with Crippen LogP contribution in [-0.4, -0.2) is 13.5 Å². The van der Waals surface area contributed by atoms with E-state index in [1.54, 1.807) is 24.3 Å². The summed E-state index contributed by atoms with van der Waals surface area (Å²) in [5.41, 5.74) is 2.81. The van der Waals surface area contributed by atoms with Crippen molar-refractivity contribution in [3.63, 3.8) is 0 Å². The van der Waals surface area contributed by atoms with Crippen LogP contribution >= 0.6 is 11.6 Å². The first-order valence-electron chi connectivity index (χ1n) is 9.47. The van der Waals surface area contributed by atoms with Gasteiger partial charge in [-0.25, -0.2) is 8.42 Å². The standard InChI is InChI=1S/C23H24ClNO4S/c1-14(2)21-13-19(7-10-22(21)26)29-23-15(3)11-18(12-16(23)4)25-30(27,28)20-8-5-17(24)6-9-20/h5-14,25-26H,1-4H3. The minimum absolute atomic E-state index is 0.132. The minimum atomic E-state index is -3.73. The number of nitrogens with one attached hydrogen (secondary N) is 1. The van der Waals surface area contributed by atoms with Crippen LogP contribution in [0.5, 0.6) is 17.2 Å². The van der Waals surface area contributed by atoms with Crippen LogP contribution in [0.3, 0.4) is 0 Å². The van der Waals surface area contributed by atoms with E-state index in [0.29, 0.717) is 22.2 Å². The van der Waals surface area contributed by atoms with E-state index in [-0.39, 0.29) is 16.6 Å². The Balaban J connectivity index is 1.87. The molecular formula is C23H24ClNO4S. The highest BCUT2D eigenvalue weighted by Gasteiger charge is 2.16. The van der Waals surface area contributed by atoms with Gasteiger partial charge in [0.1, 0.15) is 17.2 Å². The van der Waals surface area contributed by atoms with Gasteiger partial charge in [0.25, 0.3) is 10.0 Å². The summed E-state index contributed by atoms with van der Waals surface area (Å²) in [6, 6.07) is 14.6. The molecule has 0 atom stereocenters. The van der Waals surface area contributed by atoms with Gasteiger partial charge in [0.2, 0.25) is 0 Å². The predicted octanol–water partition coefficient (Wildman–Crippen LogP) is 6.38. The SMILES string of the molecule is Cc1cc(NS(=O)(=O)c2ccc(Cl)cc2)cc(C)c1Oc1ccc(O)c(C(C)C)c1. The normalized spacial score (nSPS) is 11.5. The average Bonchev–Trinajstić information content (AvgIpc) is 2.65.